The van der Waals surface area contributed by atoms with E-state index in [1.54, 1.807) is 18.9 Å². The third-order valence-corrected chi connectivity index (χ3v) is 6.20. The number of benzene rings is 2. The first-order valence-electron chi connectivity index (χ1n) is 10.9. The van der Waals surface area contributed by atoms with Crippen molar-refractivity contribution in [2.24, 2.45) is 11.8 Å². The Morgan fingerprint density at radius 3 is 2.35 bits per heavy atom. The summed E-state index contributed by atoms with van der Waals surface area (Å²) in [6, 6.07) is 15.6. The van der Waals surface area contributed by atoms with Crippen LogP contribution in [0.4, 0.5) is 0 Å². The van der Waals surface area contributed by atoms with Crippen LogP contribution in [-0.2, 0) is 0 Å². The number of hydrogen-bond donors (Lipinski definition) is 1. The van der Waals surface area contributed by atoms with Gasteiger partial charge in [-0.05, 0) is 67.9 Å². The maximum atomic E-state index is 13.5. The van der Waals surface area contributed by atoms with Gasteiger partial charge in [-0.15, -0.1) is 0 Å². The SMILES string of the molecule is COc1ccc(OC)c(-c2nn(-c3ccccc3)cc2C(=O)NC(C2CC2)C2CC2)c1. The average Bonchev–Trinajstić information content (AvgIpc) is 3.75. The third-order valence-electron chi connectivity index (χ3n) is 6.20. The van der Waals surface area contributed by atoms with Crippen LogP contribution in [0, 0.1) is 11.8 Å². The molecule has 0 radical (unpaired) electrons. The number of aromatic nitrogens is 2. The van der Waals surface area contributed by atoms with Gasteiger partial charge in [0, 0.05) is 17.8 Å². The summed E-state index contributed by atoms with van der Waals surface area (Å²) in [5.41, 5.74) is 2.76. The highest BCUT2D eigenvalue weighted by atomic mass is 16.5. The molecule has 2 fully saturated rings. The van der Waals surface area contributed by atoms with Gasteiger partial charge >= 0.3 is 0 Å². The quantitative estimate of drug-likeness (QED) is 0.587. The van der Waals surface area contributed by atoms with Crippen molar-refractivity contribution in [2.45, 2.75) is 31.7 Å². The van der Waals surface area contributed by atoms with Crippen LogP contribution in [0.1, 0.15) is 36.0 Å². The van der Waals surface area contributed by atoms with Gasteiger partial charge < -0.3 is 14.8 Å². The summed E-state index contributed by atoms with van der Waals surface area (Å²) in [6.07, 6.45) is 6.65. The second-order valence-corrected chi connectivity index (χ2v) is 8.41. The van der Waals surface area contributed by atoms with Crippen molar-refractivity contribution < 1.29 is 14.3 Å². The minimum Gasteiger partial charge on any atom is -0.497 e. The number of ether oxygens (including phenoxy) is 2. The number of hydrogen-bond acceptors (Lipinski definition) is 4. The number of rotatable bonds is 8. The lowest BCUT2D eigenvalue weighted by Gasteiger charge is -2.17. The van der Waals surface area contributed by atoms with Crippen LogP contribution >= 0.6 is 0 Å². The standard InChI is InChI=1S/C25H27N3O3/c1-30-19-12-13-22(31-2)20(14-19)24-21(15-28(27-24)18-6-4-3-5-7-18)25(29)26-23(16-8-9-16)17-10-11-17/h3-7,12-17,23H,8-11H2,1-2H3,(H,26,29). The molecule has 2 aromatic carbocycles. The number of nitrogens with one attached hydrogen (secondary N) is 1. The number of nitrogens with zero attached hydrogens (tertiary/aromatic N) is 2. The number of methoxy groups -OCH3 is 2. The zero-order valence-corrected chi connectivity index (χ0v) is 17.9. The molecule has 0 atom stereocenters. The van der Waals surface area contributed by atoms with Crippen molar-refractivity contribution in [3.63, 3.8) is 0 Å². The first-order chi connectivity index (χ1) is 15.2. The molecule has 2 aliphatic carbocycles. The molecule has 2 saturated carbocycles. The number of carbonyl (C=O) groups is 1. The molecule has 31 heavy (non-hydrogen) atoms. The van der Waals surface area contributed by atoms with Gasteiger partial charge in [-0.1, -0.05) is 18.2 Å². The van der Waals surface area contributed by atoms with E-state index < -0.39 is 0 Å². The van der Waals surface area contributed by atoms with Gasteiger partial charge in [0.25, 0.3) is 5.91 Å². The lowest BCUT2D eigenvalue weighted by atomic mass is 10.0. The molecular formula is C25H27N3O3. The van der Waals surface area contributed by atoms with E-state index in [2.05, 4.69) is 5.32 Å². The molecule has 2 aliphatic rings. The number of carbonyl (C=O) groups excluding carboxylic acids is 1. The number of para-hydroxylation sites is 1. The molecule has 160 valence electrons. The Labute approximate surface area is 182 Å². The van der Waals surface area contributed by atoms with E-state index in [1.165, 1.54) is 25.7 Å². The van der Waals surface area contributed by atoms with Gasteiger partial charge in [0.15, 0.2) is 0 Å². The smallest absolute Gasteiger partial charge is 0.255 e. The van der Waals surface area contributed by atoms with Gasteiger partial charge in [-0.2, -0.15) is 5.10 Å². The summed E-state index contributed by atoms with van der Waals surface area (Å²) in [5.74, 6) is 2.50. The molecular weight excluding hydrogens is 390 g/mol. The van der Waals surface area contributed by atoms with Crippen LogP contribution in [0.5, 0.6) is 11.5 Å². The molecule has 1 heterocycles. The Morgan fingerprint density at radius 2 is 1.74 bits per heavy atom. The van der Waals surface area contributed by atoms with Crippen LogP contribution in [0.3, 0.4) is 0 Å². The van der Waals surface area contributed by atoms with Gasteiger partial charge in [0.05, 0.1) is 25.5 Å². The van der Waals surface area contributed by atoms with Gasteiger partial charge in [-0.25, -0.2) is 4.68 Å². The fraction of sp³-hybridized carbons (Fsp3) is 0.360. The molecule has 6 heteroatoms. The first-order valence-corrected chi connectivity index (χ1v) is 10.9. The molecule has 1 N–H and O–H groups in total. The largest absolute Gasteiger partial charge is 0.497 e. The zero-order valence-electron chi connectivity index (χ0n) is 17.9. The van der Waals surface area contributed by atoms with E-state index in [1.807, 2.05) is 54.7 Å². The molecule has 6 nitrogen and oxygen atoms in total. The Balaban J connectivity index is 1.58. The maximum absolute atomic E-state index is 13.5. The summed E-state index contributed by atoms with van der Waals surface area (Å²) in [7, 11) is 3.24. The molecule has 1 aromatic heterocycles. The van der Waals surface area contributed by atoms with E-state index >= 15 is 0 Å². The molecule has 3 aromatic rings. The normalized spacial score (nSPS) is 15.7. The summed E-state index contributed by atoms with van der Waals surface area (Å²) >= 11 is 0. The Hall–Kier alpha value is -3.28. The van der Waals surface area contributed by atoms with Crippen LogP contribution in [0.25, 0.3) is 16.9 Å². The highest BCUT2D eigenvalue weighted by Crippen LogP contribution is 2.45. The predicted molar refractivity (Wildman–Crippen MR) is 119 cm³/mol. The van der Waals surface area contributed by atoms with Crippen LogP contribution < -0.4 is 14.8 Å². The Kier molecular flexibility index (Phi) is 5.14. The van der Waals surface area contributed by atoms with E-state index in [0.717, 1.165) is 11.3 Å². The second kappa shape index (κ2) is 8.10. The molecule has 1 amide bonds. The second-order valence-electron chi connectivity index (χ2n) is 8.41. The lowest BCUT2D eigenvalue weighted by molar-refractivity contribution is 0.0927. The van der Waals surface area contributed by atoms with Crippen LogP contribution in [-0.4, -0.2) is 35.9 Å². The fourth-order valence-electron chi connectivity index (χ4n) is 4.21. The molecule has 0 unspecified atom stereocenters. The highest BCUT2D eigenvalue weighted by Gasteiger charge is 2.42. The zero-order chi connectivity index (χ0) is 21.4. The summed E-state index contributed by atoms with van der Waals surface area (Å²) in [5, 5.41) is 8.14. The van der Waals surface area contributed by atoms with E-state index in [-0.39, 0.29) is 11.9 Å². The van der Waals surface area contributed by atoms with Crippen molar-refractivity contribution >= 4 is 5.91 Å². The molecule has 0 aliphatic heterocycles. The van der Waals surface area contributed by atoms with E-state index in [9.17, 15) is 4.79 Å². The minimum absolute atomic E-state index is 0.0779. The van der Waals surface area contributed by atoms with E-state index in [0.29, 0.717) is 34.6 Å². The Bertz CT molecular complexity index is 1070. The predicted octanol–water partition coefficient (Wildman–Crippen LogP) is 4.47. The van der Waals surface area contributed by atoms with Crippen LogP contribution in [0.15, 0.2) is 54.7 Å². The van der Waals surface area contributed by atoms with Crippen molar-refractivity contribution in [1.29, 1.82) is 0 Å². The highest BCUT2D eigenvalue weighted by molar-refractivity contribution is 6.01. The molecule has 5 rings (SSSR count). The van der Waals surface area contributed by atoms with Crippen molar-refractivity contribution in [1.82, 2.24) is 15.1 Å². The minimum atomic E-state index is -0.0779. The summed E-state index contributed by atoms with van der Waals surface area (Å²) in [4.78, 5) is 13.5. The lowest BCUT2D eigenvalue weighted by Crippen LogP contribution is -2.38. The van der Waals surface area contributed by atoms with Gasteiger partial charge in [-0.3, -0.25) is 4.79 Å². The molecule has 0 saturated heterocycles. The summed E-state index contributed by atoms with van der Waals surface area (Å²) in [6.45, 7) is 0. The maximum Gasteiger partial charge on any atom is 0.255 e. The van der Waals surface area contributed by atoms with Crippen molar-refractivity contribution in [3.05, 3.63) is 60.3 Å². The van der Waals surface area contributed by atoms with Crippen LogP contribution in [0.2, 0.25) is 0 Å². The van der Waals surface area contributed by atoms with Crippen molar-refractivity contribution in [3.8, 4) is 28.4 Å². The number of amides is 1. The third kappa shape index (κ3) is 4.02. The Morgan fingerprint density at radius 1 is 1.03 bits per heavy atom. The van der Waals surface area contributed by atoms with Gasteiger partial charge in [0.1, 0.15) is 17.2 Å². The molecule has 0 bridgehead atoms. The first kappa shape index (κ1) is 19.7. The summed E-state index contributed by atoms with van der Waals surface area (Å²) < 4.78 is 12.8. The fourth-order valence-corrected chi connectivity index (χ4v) is 4.21. The van der Waals surface area contributed by atoms with E-state index in [4.69, 9.17) is 14.6 Å². The van der Waals surface area contributed by atoms with Gasteiger partial charge in [0.2, 0.25) is 0 Å². The van der Waals surface area contributed by atoms with Crippen molar-refractivity contribution in [2.75, 3.05) is 14.2 Å². The molecule has 0 spiro atoms. The monoisotopic (exact) mass is 417 g/mol. The topological polar surface area (TPSA) is 65.4 Å². The average molecular weight is 418 g/mol.